The zero-order valence-corrected chi connectivity index (χ0v) is 13.0. The number of rotatable bonds is 2. The molecular formula is C18H18N2O3. The highest BCUT2D eigenvalue weighted by Crippen LogP contribution is 2.29. The van der Waals surface area contributed by atoms with Gasteiger partial charge in [0.1, 0.15) is 0 Å². The van der Waals surface area contributed by atoms with Crippen LogP contribution in [0.25, 0.3) is 0 Å². The first-order valence-electron chi connectivity index (χ1n) is 7.73. The van der Waals surface area contributed by atoms with Crippen LogP contribution in [0.1, 0.15) is 34.3 Å². The second-order valence-corrected chi connectivity index (χ2v) is 5.75. The van der Waals surface area contributed by atoms with Crippen molar-refractivity contribution in [3.05, 3.63) is 69.3 Å². The minimum absolute atomic E-state index is 0.0149. The average molecular weight is 310 g/mol. The van der Waals surface area contributed by atoms with E-state index in [1.165, 1.54) is 6.07 Å². The molecule has 1 amide bonds. The zero-order valence-electron chi connectivity index (χ0n) is 13.0. The predicted molar refractivity (Wildman–Crippen MR) is 88.9 cm³/mol. The highest BCUT2D eigenvalue weighted by molar-refractivity contribution is 6.08. The first-order valence-corrected chi connectivity index (χ1v) is 7.73. The molecule has 0 saturated carbocycles. The normalized spacial score (nSPS) is 14.0. The third-order valence-corrected chi connectivity index (χ3v) is 4.34. The van der Waals surface area contributed by atoms with Crippen LogP contribution < -0.4 is 4.90 Å². The van der Waals surface area contributed by atoms with Crippen LogP contribution in [0.3, 0.4) is 0 Å². The molecule has 118 valence electrons. The maximum absolute atomic E-state index is 13.0. The lowest BCUT2D eigenvalue weighted by Gasteiger charge is -2.23. The first kappa shape index (κ1) is 15.2. The summed E-state index contributed by atoms with van der Waals surface area (Å²) in [6.07, 6.45) is 2.91. The monoisotopic (exact) mass is 310 g/mol. The maximum Gasteiger partial charge on any atom is 0.273 e. The zero-order chi connectivity index (χ0) is 16.4. The molecule has 1 heterocycles. The van der Waals surface area contributed by atoms with Gasteiger partial charge in [-0.15, -0.1) is 0 Å². The van der Waals surface area contributed by atoms with Gasteiger partial charge in [0.05, 0.1) is 4.92 Å². The molecule has 0 spiro atoms. The summed E-state index contributed by atoms with van der Waals surface area (Å²) in [6.45, 7) is 2.27. The van der Waals surface area contributed by atoms with Gasteiger partial charge < -0.3 is 4.90 Å². The summed E-state index contributed by atoms with van der Waals surface area (Å²) in [5.74, 6) is -0.166. The quantitative estimate of drug-likeness (QED) is 0.624. The summed E-state index contributed by atoms with van der Waals surface area (Å²) in [5, 5.41) is 11.1. The number of anilines is 1. The third kappa shape index (κ3) is 2.82. The molecule has 5 heteroatoms. The van der Waals surface area contributed by atoms with Gasteiger partial charge in [-0.2, -0.15) is 0 Å². The van der Waals surface area contributed by atoms with Crippen molar-refractivity contribution in [1.82, 2.24) is 0 Å². The van der Waals surface area contributed by atoms with E-state index in [1.54, 1.807) is 24.0 Å². The van der Waals surface area contributed by atoms with E-state index in [-0.39, 0.29) is 11.6 Å². The Labute approximate surface area is 134 Å². The smallest absolute Gasteiger partial charge is 0.273 e. The van der Waals surface area contributed by atoms with Crippen LogP contribution in [-0.4, -0.2) is 17.4 Å². The molecule has 5 nitrogen and oxygen atoms in total. The Morgan fingerprint density at radius 2 is 1.91 bits per heavy atom. The van der Waals surface area contributed by atoms with Crippen LogP contribution >= 0.6 is 0 Å². The van der Waals surface area contributed by atoms with E-state index >= 15 is 0 Å². The SMILES string of the molecule is Cc1c(C(=O)N2CCCCc3ccccc32)cccc1[N+](=O)[O-]. The van der Waals surface area contributed by atoms with Crippen molar-refractivity contribution in [1.29, 1.82) is 0 Å². The minimum atomic E-state index is -0.442. The molecular weight excluding hydrogens is 292 g/mol. The van der Waals surface area contributed by atoms with Gasteiger partial charge in [-0.3, -0.25) is 14.9 Å². The fourth-order valence-corrected chi connectivity index (χ4v) is 3.10. The second kappa shape index (κ2) is 6.20. The van der Waals surface area contributed by atoms with Gasteiger partial charge in [0.15, 0.2) is 0 Å². The molecule has 0 unspecified atom stereocenters. The molecule has 0 aromatic heterocycles. The fourth-order valence-electron chi connectivity index (χ4n) is 3.10. The number of fused-ring (bicyclic) bond motifs is 1. The Morgan fingerprint density at radius 3 is 2.70 bits per heavy atom. The number of amides is 1. The van der Waals surface area contributed by atoms with E-state index in [0.29, 0.717) is 17.7 Å². The Balaban J connectivity index is 2.04. The standard InChI is InChI=1S/C18H18N2O3/c1-13-15(9-6-11-16(13)20(22)23)18(21)19-12-5-4-8-14-7-2-3-10-17(14)19/h2-3,6-7,9-11H,4-5,8,12H2,1H3. The number of carbonyl (C=O) groups excluding carboxylic acids is 1. The highest BCUT2D eigenvalue weighted by atomic mass is 16.6. The summed E-state index contributed by atoms with van der Waals surface area (Å²) in [6, 6.07) is 12.6. The number of benzene rings is 2. The third-order valence-electron chi connectivity index (χ3n) is 4.34. The molecule has 0 atom stereocenters. The summed E-state index contributed by atoms with van der Waals surface area (Å²) in [4.78, 5) is 25.4. The summed E-state index contributed by atoms with van der Waals surface area (Å²) < 4.78 is 0. The van der Waals surface area contributed by atoms with E-state index in [2.05, 4.69) is 0 Å². The van der Waals surface area contributed by atoms with E-state index in [0.717, 1.165) is 30.5 Å². The molecule has 1 aliphatic rings. The Hall–Kier alpha value is -2.69. The largest absolute Gasteiger partial charge is 0.308 e. The van der Waals surface area contributed by atoms with E-state index in [4.69, 9.17) is 0 Å². The molecule has 2 aromatic carbocycles. The van der Waals surface area contributed by atoms with Crippen molar-refractivity contribution in [3.8, 4) is 0 Å². The fraction of sp³-hybridized carbons (Fsp3) is 0.278. The van der Waals surface area contributed by atoms with Crippen LogP contribution in [0.2, 0.25) is 0 Å². The number of hydrogen-bond acceptors (Lipinski definition) is 3. The Bertz CT molecular complexity index is 771. The topological polar surface area (TPSA) is 63.5 Å². The number of carbonyl (C=O) groups is 1. The number of nitro groups is 1. The van der Waals surface area contributed by atoms with Crippen molar-refractivity contribution >= 4 is 17.3 Å². The van der Waals surface area contributed by atoms with Crippen LogP contribution in [0.5, 0.6) is 0 Å². The minimum Gasteiger partial charge on any atom is -0.308 e. The molecule has 23 heavy (non-hydrogen) atoms. The van der Waals surface area contributed by atoms with Gasteiger partial charge in [0.25, 0.3) is 11.6 Å². The number of nitro benzene ring substituents is 1. The lowest BCUT2D eigenvalue weighted by Crippen LogP contribution is -2.32. The van der Waals surface area contributed by atoms with Gasteiger partial charge in [0, 0.05) is 29.4 Å². The number of para-hydroxylation sites is 1. The van der Waals surface area contributed by atoms with E-state index < -0.39 is 4.92 Å². The predicted octanol–water partition coefficient (Wildman–Crippen LogP) is 3.89. The summed E-state index contributed by atoms with van der Waals surface area (Å²) >= 11 is 0. The number of aryl methyl sites for hydroxylation is 1. The Morgan fingerprint density at radius 1 is 1.13 bits per heavy atom. The second-order valence-electron chi connectivity index (χ2n) is 5.75. The molecule has 0 saturated heterocycles. The van der Waals surface area contributed by atoms with Crippen molar-refractivity contribution in [2.75, 3.05) is 11.4 Å². The molecule has 0 radical (unpaired) electrons. The lowest BCUT2D eigenvalue weighted by atomic mass is 10.0. The van der Waals surface area contributed by atoms with Gasteiger partial charge >= 0.3 is 0 Å². The maximum atomic E-state index is 13.0. The van der Waals surface area contributed by atoms with Crippen molar-refractivity contribution in [3.63, 3.8) is 0 Å². The first-order chi connectivity index (χ1) is 11.1. The molecule has 0 aliphatic carbocycles. The molecule has 3 rings (SSSR count). The van der Waals surface area contributed by atoms with Crippen molar-refractivity contribution < 1.29 is 9.72 Å². The molecule has 0 N–H and O–H groups in total. The molecule has 0 fully saturated rings. The van der Waals surface area contributed by atoms with Crippen LogP contribution in [0.15, 0.2) is 42.5 Å². The van der Waals surface area contributed by atoms with Gasteiger partial charge in [-0.1, -0.05) is 24.3 Å². The van der Waals surface area contributed by atoms with Crippen LogP contribution in [0.4, 0.5) is 11.4 Å². The molecule has 2 aromatic rings. The highest BCUT2D eigenvalue weighted by Gasteiger charge is 2.25. The number of nitrogens with zero attached hydrogens (tertiary/aromatic N) is 2. The number of hydrogen-bond donors (Lipinski definition) is 0. The van der Waals surface area contributed by atoms with Gasteiger partial charge in [0.2, 0.25) is 0 Å². The van der Waals surface area contributed by atoms with E-state index in [1.807, 2.05) is 24.3 Å². The van der Waals surface area contributed by atoms with Gasteiger partial charge in [-0.25, -0.2) is 0 Å². The van der Waals surface area contributed by atoms with Crippen molar-refractivity contribution in [2.24, 2.45) is 0 Å². The van der Waals surface area contributed by atoms with E-state index in [9.17, 15) is 14.9 Å². The average Bonchev–Trinajstić information content (AvgIpc) is 2.76. The molecule has 0 bridgehead atoms. The molecule has 1 aliphatic heterocycles. The Kier molecular flexibility index (Phi) is 4.10. The van der Waals surface area contributed by atoms with Crippen LogP contribution in [0, 0.1) is 17.0 Å². The lowest BCUT2D eigenvalue weighted by molar-refractivity contribution is -0.385. The van der Waals surface area contributed by atoms with Crippen LogP contribution in [-0.2, 0) is 6.42 Å². The van der Waals surface area contributed by atoms with Crippen molar-refractivity contribution in [2.45, 2.75) is 26.2 Å². The van der Waals surface area contributed by atoms with Gasteiger partial charge in [-0.05, 0) is 43.9 Å². The summed E-state index contributed by atoms with van der Waals surface area (Å²) in [5.41, 5.74) is 2.88. The summed E-state index contributed by atoms with van der Waals surface area (Å²) in [7, 11) is 0.